The van der Waals surface area contributed by atoms with Crippen molar-refractivity contribution < 1.29 is 9.59 Å². The Hall–Kier alpha value is -0.980. The highest BCUT2D eigenvalue weighted by Crippen LogP contribution is 2.39. The number of thiocyanates is 2. The van der Waals surface area contributed by atoms with Crippen molar-refractivity contribution in [3.8, 4) is 10.8 Å². The van der Waals surface area contributed by atoms with Gasteiger partial charge >= 0.3 is 0 Å². The fraction of sp³-hybridized carbons (Fsp3) is 0.600. The summed E-state index contributed by atoms with van der Waals surface area (Å²) in [5.74, 6) is -0.419. The third kappa shape index (κ3) is 2.23. The van der Waals surface area contributed by atoms with Crippen molar-refractivity contribution >= 4 is 35.1 Å². The molecule has 0 aromatic rings. The molecule has 16 heavy (non-hydrogen) atoms. The van der Waals surface area contributed by atoms with Crippen molar-refractivity contribution in [1.29, 1.82) is 10.5 Å². The lowest BCUT2D eigenvalue weighted by Gasteiger charge is -2.34. The standard InChI is InChI=1S/C10H10N2O2S2/c1-10(2)8(13)6(15-4-11)3-7(9(10)14)16-5-12/h6-7H,3H2,1-2H3. The summed E-state index contributed by atoms with van der Waals surface area (Å²) < 4.78 is 0. The molecule has 0 heterocycles. The van der Waals surface area contributed by atoms with Crippen molar-refractivity contribution in [2.24, 2.45) is 5.41 Å². The maximum absolute atomic E-state index is 11.9. The van der Waals surface area contributed by atoms with Gasteiger partial charge in [-0.2, -0.15) is 10.5 Å². The van der Waals surface area contributed by atoms with Gasteiger partial charge in [0.1, 0.15) is 10.8 Å². The second kappa shape index (κ2) is 4.90. The van der Waals surface area contributed by atoms with Crippen LogP contribution in [0, 0.1) is 26.7 Å². The maximum atomic E-state index is 11.9. The van der Waals surface area contributed by atoms with Crippen LogP contribution >= 0.6 is 23.5 Å². The summed E-state index contributed by atoms with van der Waals surface area (Å²) in [4.78, 5) is 23.8. The number of hydrogen-bond donors (Lipinski definition) is 0. The van der Waals surface area contributed by atoms with E-state index < -0.39 is 15.9 Å². The monoisotopic (exact) mass is 254 g/mol. The number of carbonyl (C=O) groups excluding carboxylic acids is 2. The van der Waals surface area contributed by atoms with E-state index in [1.54, 1.807) is 13.8 Å². The molecule has 1 aliphatic rings. The van der Waals surface area contributed by atoms with Gasteiger partial charge in [0, 0.05) is 0 Å². The Balaban J connectivity index is 2.98. The number of rotatable bonds is 2. The van der Waals surface area contributed by atoms with Crippen LogP contribution in [0.15, 0.2) is 0 Å². The molecule has 6 heteroatoms. The first-order valence-corrected chi connectivity index (χ1v) is 6.39. The van der Waals surface area contributed by atoms with E-state index in [1.807, 2.05) is 10.8 Å². The van der Waals surface area contributed by atoms with Gasteiger partial charge < -0.3 is 0 Å². The minimum absolute atomic E-state index is 0.209. The van der Waals surface area contributed by atoms with Crippen molar-refractivity contribution in [3.63, 3.8) is 0 Å². The van der Waals surface area contributed by atoms with Crippen molar-refractivity contribution in [1.82, 2.24) is 0 Å². The average molecular weight is 254 g/mol. The van der Waals surface area contributed by atoms with Crippen LogP contribution < -0.4 is 0 Å². The quantitative estimate of drug-likeness (QED) is 0.551. The largest absolute Gasteiger partial charge is 0.297 e. The molecule has 0 radical (unpaired) electrons. The SMILES string of the molecule is CC1(C)C(=O)C(SC#N)CC(SC#N)C1=O. The topological polar surface area (TPSA) is 81.7 Å². The zero-order chi connectivity index (χ0) is 12.3. The van der Waals surface area contributed by atoms with Gasteiger partial charge in [-0.05, 0) is 43.8 Å². The number of Topliss-reactive ketones (excluding diaryl/α,β-unsaturated/α-hetero) is 2. The molecular weight excluding hydrogens is 244 g/mol. The molecule has 0 aromatic carbocycles. The summed E-state index contributed by atoms with van der Waals surface area (Å²) >= 11 is 1.75. The molecule has 0 bridgehead atoms. The smallest absolute Gasteiger partial charge is 0.159 e. The van der Waals surface area contributed by atoms with Gasteiger partial charge in [0.2, 0.25) is 0 Å². The van der Waals surface area contributed by atoms with E-state index >= 15 is 0 Å². The van der Waals surface area contributed by atoms with Crippen LogP contribution in [0.3, 0.4) is 0 Å². The average Bonchev–Trinajstić information content (AvgIpc) is 2.23. The molecule has 0 saturated heterocycles. The van der Waals surface area contributed by atoms with Crippen molar-refractivity contribution in [3.05, 3.63) is 0 Å². The summed E-state index contributed by atoms with van der Waals surface area (Å²) in [6.45, 7) is 3.12. The minimum Gasteiger partial charge on any atom is -0.297 e. The molecule has 1 rings (SSSR count). The molecule has 2 atom stereocenters. The number of hydrogen-bond acceptors (Lipinski definition) is 6. The summed E-state index contributed by atoms with van der Waals surface area (Å²) in [5, 5.41) is 19.9. The predicted molar refractivity (Wildman–Crippen MR) is 62.4 cm³/mol. The fourth-order valence-corrected chi connectivity index (χ4v) is 3.42. The number of nitriles is 2. The van der Waals surface area contributed by atoms with Crippen molar-refractivity contribution in [2.45, 2.75) is 30.8 Å². The highest BCUT2D eigenvalue weighted by Gasteiger charge is 2.49. The van der Waals surface area contributed by atoms with E-state index in [-0.39, 0.29) is 18.0 Å². The van der Waals surface area contributed by atoms with Gasteiger partial charge in [-0.3, -0.25) is 9.59 Å². The van der Waals surface area contributed by atoms with E-state index in [2.05, 4.69) is 0 Å². The molecule has 0 spiro atoms. The molecule has 1 aliphatic carbocycles. The maximum Gasteiger partial charge on any atom is 0.159 e. The van der Waals surface area contributed by atoms with E-state index in [1.165, 1.54) is 0 Å². The Labute approximate surface area is 102 Å². The molecule has 84 valence electrons. The fourth-order valence-electron chi connectivity index (χ4n) is 1.67. The van der Waals surface area contributed by atoms with Gasteiger partial charge in [-0.15, -0.1) is 0 Å². The zero-order valence-electron chi connectivity index (χ0n) is 8.89. The Bertz CT molecular complexity index is 370. The number of ketones is 2. The van der Waals surface area contributed by atoms with Crippen LogP contribution in [0.5, 0.6) is 0 Å². The molecule has 0 aromatic heterocycles. The summed E-state index contributed by atoms with van der Waals surface area (Å²) in [6, 6.07) is 0. The van der Waals surface area contributed by atoms with Crippen LogP contribution in [0.25, 0.3) is 0 Å². The normalized spacial score (nSPS) is 28.2. The minimum atomic E-state index is -1.08. The molecular formula is C10H10N2O2S2. The van der Waals surface area contributed by atoms with E-state index in [9.17, 15) is 9.59 Å². The molecule has 1 saturated carbocycles. The predicted octanol–water partition coefficient (Wildman–Crippen LogP) is 1.72. The molecule has 0 aliphatic heterocycles. The van der Waals surface area contributed by atoms with Crippen LogP contribution in [-0.4, -0.2) is 22.1 Å². The van der Waals surface area contributed by atoms with Crippen LogP contribution in [-0.2, 0) is 9.59 Å². The third-order valence-corrected chi connectivity index (χ3v) is 4.23. The lowest BCUT2D eigenvalue weighted by Crippen LogP contribution is -2.50. The highest BCUT2D eigenvalue weighted by molar-refractivity contribution is 8.06. The summed E-state index contributed by atoms with van der Waals surface area (Å²) in [7, 11) is 0. The molecule has 1 fully saturated rings. The van der Waals surface area contributed by atoms with Crippen LogP contribution in [0.2, 0.25) is 0 Å². The number of carbonyl (C=O) groups is 2. The first kappa shape index (κ1) is 13.1. The second-order valence-corrected chi connectivity index (χ2v) is 5.96. The first-order valence-electron chi connectivity index (χ1n) is 4.63. The molecule has 0 N–H and O–H groups in total. The molecule has 4 nitrogen and oxygen atoms in total. The third-order valence-electron chi connectivity index (χ3n) is 2.63. The number of nitrogens with zero attached hydrogens (tertiary/aromatic N) is 2. The Morgan fingerprint density at radius 1 is 1.12 bits per heavy atom. The van der Waals surface area contributed by atoms with Crippen molar-refractivity contribution in [2.75, 3.05) is 0 Å². The Morgan fingerprint density at radius 2 is 1.50 bits per heavy atom. The first-order chi connectivity index (χ1) is 7.45. The van der Waals surface area contributed by atoms with E-state index in [0.29, 0.717) is 0 Å². The second-order valence-electron chi connectivity index (χ2n) is 3.98. The zero-order valence-corrected chi connectivity index (χ0v) is 10.5. The Kier molecular flexibility index (Phi) is 4.01. The van der Waals surface area contributed by atoms with E-state index in [4.69, 9.17) is 10.5 Å². The van der Waals surface area contributed by atoms with Gasteiger partial charge in [0.05, 0.1) is 15.9 Å². The van der Waals surface area contributed by atoms with Gasteiger partial charge in [-0.1, -0.05) is 0 Å². The summed E-state index contributed by atoms with van der Waals surface area (Å²) in [5.41, 5.74) is -1.08. The van der Waals surface area contributed by atoms with Gasteiger partial charge in [-0.25, -0.2) is 0 Å². The van der Waals surface area contributed by atoms with Gasteiger partial charge in [0.15, 0.2) is 11.6 Å². The van der Waals surface area contributed by atoms with E-state index in [0.717, 1.165) is 23.5 Å². The molecule has 2 unspecified atom stereocenters. The van der Waals surface area contributed by atoms with Crippen LogP contribution in [0.1, 0.15) is 20.3 Å². The lowest BCUT2D eigenvalue weighted by molar-refractivity contribution is -0.140. The summed E-state index contributed by atoms with van der Waals surface area (Å²) in [6.07, 6.45) is 0.275. The lowest BCUT2D eigenvalue weighted by atomic mass is 9.74. The Morgan fingerprint density at radius 3 is 1.81 bits per heavy atom. The van der Waals surface area contributed by atoms with Crippen LogP contribution in [0.4, 0.5) is 0 Å². The number of thioether (sulfide) groups is 2. The van der Waals surface area contributed by atoms with Gasteiger partial charge in [0.25, 0.3) is 0 Å². The highest BCUT2D eigenvalue weighted by atomic mass is 32.2. The molecule has 0 amide bonds.